The van der Waals surface area contributed by atoms with Crippen molar-refractivity contribution in [3.8, 4) is 17.2 Å². The van der Waals surface area contributed by atoms with Crippen LogP contribution in [0, 0.1) is 17.0 Å². The Morgan fingerprint density at radius 1 is 1.20 bits per heavy atom. The van der Waals surface area contributed by atoms with Gasteiger partial charge in [0.2, 0.25) is 11.5 Å². The Morgan fingerprint density at radius 2 is 1.90 bits per heavy atom. The Balaban J connectivity index is 2.42. The number of rotatable bonds is 4. The quantitative estimate of drug-likeness (QED) is 0.610. The van der Waals surface area contributed by atoms with Crippen molar-refractivity contribution in [3.05, 3.63) is 56.5 Å². The van der Waals surface area contributed by atoms with Crippen LogP contribution in [0.25, 0.3) is 0 Å². The molecule has 5 nitrogen and oxygen atoms in total. The zero-order valence-corrected chi connectivity index (χ0v) is 12.5. The van der Waals surface area contributed by atoms with Gasteiger partial charge < -0.3 is 9.47 Å². The number of halogens is 1. The molecule has 6 heteroatoms. The van der Waals surface area contributed by atoms with E-state index in [9.17, 15) is 10.1 Å². The number of para-hydroxylation sites is 1. The molecule has 0 aliphatic carbocycles. The van der Waals surface area contributed by atoms with E-state index in [0.29, 0.717) is 5.75 Å². The predicted octanol–water partition coefficient (Wildman–Crippen LogP) is 4.47. The minimum atomic E-state index is -0.514. The number of hydrogen-bond donors (Lipinski definition) is 0. The summed E-state index contributed by atoms with van der Waals surface area (Å²) in [5.74, 6) is 0.847. The van der Waals surface area contributed by atoms with Crippen molar-refractivity contribution in [2.75, 3.05) is 7.11 Å². The molecule has 0 N–H and O–H groups in total. The van der Waals surface area contributed by atoms with E-state index in [1.807, 2.05) is 13.0 Å². The van der Waals surface area contributed by atoms with Crippen molar-refractivity contribution in [2.45, 2.75) is 6.92 Å². The van der Waals surface area contributed by atoms with Gasteiger partial charge in [-0.1, -0.05) is 22.0 Å². The summed E-state index contributed by atoms with van der Waals surface area (Å²) in [6, 6.07) is 10.1. The fraction of sp³-hybridized carbons (Fsp3) is 0.143. The van der Waals surface area contributed by atoms with Crippen LogP contribution in [0.4, 0.5) is 5.69 Å². The molecule has 0 aliphatic heterocycles. The van der Waals surface area contributed by atoms with Gasteiger partial charge in [-0.3, -0.25) is 10.1 Å². The number of ether oxygens (including phenoxy) is 2. The molecule has 0 saturated carbocycles. The SMILES string of the molecule is COc1cccc(Oc2ccc(Br)c(C)c2)c1[N+](=O)[O-]. The van der Waals surface area contributed by atoms with Crippen LogP contribution in [-0.4, -0.2) is 12.0 Å². The van der Waals surface area contributed by atoms with Crippen molar-refractivity contribution in [1.82, 2.24) is 0 Å². The largest absolute Gasteiger partial charge is 0.490 e. The lowest BCUT2D eigenvalue weighted by Crippen LogP contribution is -1.97. The molecule has 0 saturated heterocycles. The number of methoxy groups -OCH3 is 1. The second kappa shape index (κ2) is 5.92. The third-order valence-corrected chi connectivity index (χ3v) is 3.61. The van der Waals surface area contributed by atoms with Crippen LogP contribution in [0.1, 0.15) is 5.56 Å². The average Bonchev–Trinajstić information content (AvgIpc) is 2.42. The van der Waals surface area contributed by atoms with E-state index < -0.39 is 4.92 Å². The first-order chi connectivity index (χ1) is 9.52. The van der Waals surface area contributed by atoms with Crippen molar-refractivity contribution in [1.29, 1.82) is 0 Å². The average molecular weight is 338 g/mol. The Hall–Kier alpha value is -2.08. The van der Waals surface area contributed by atoms with Crippen LogP contribution in [0.3, 0.4) is 0 Å². The van der Waals surface area contributed by atoms with Crippen molar-refractivity contribution < 1.29 is 14.4 Å². The number of nitrogens with zero attached hydrogens (tertiary/aromatic N) is 1. The molecule has 0 amide bonds. The molecule has 0 aliphatic rings. The molecule has 2 rings (SSSR count). The van der Waals surface area contributed by atoms with E-state index in [1.165, 1.54) is 19.2 Å². The third kappa shape index (κ3) is 2.91. The highest BCUT2D eigenvalue weighted by Crippen LogP contribution is 2.39. The first-order valence-electron chi connectivity index (χ1n) is 5.78. The Labute approximate surface area is 124 Å². The first kappa shape index (κ1) is 14.3. The second-order valence-electron chi connectivity index (χ2n) is 4.08. The van der Waals surface area contributed by atoms with Gasteiger partial charge in [0.05, 0.1) is 12.0 Å². The molecule has 0 bridgehead atoms. The van der Waals surface area contributed by atoms with E-state index in [-0.39, 0.29) is 17.2 Å². The van der Waals surface area contributed by atoms with Gasteiger partial charge in [-0.25, -0.2) is 0 Å². The molecular weight excluding hydrogens is 326 g/mol. The van der Waals surface area contributed by atoms with Crippen molar-refractivity contribution >= 4 is 21.6 Å². The van der Waals surface area contributed by atoms with Crippen LogP contribution >= 0.6 is 15.9 Å². The van der Waals surface area contributed by atoms with E-state index in [2.05, 4.69) is 15.9 Å². The maximum absolute atomic E-state index is 11.2. The Bertz CT molecular complexity index is 658. The van der Waals surface area contributed by atoms with Gasteiger partial charge in [0.25, 0.3) is 0 Å². The van der Waals surface area contributed by atoms with Crippen LogP contribution in [0.5, 0.6) is 17.2 Å². The monoisotopic (exact) mass is 337 g/mol. The van der Waals surface area contributed by atoms with Gasteiger partial charge in [-0.2, -0.15) is 0 Å². The lowest BCUT2D eigenvalue weighted by atomic mass is 10.2. The molecule has 0 heterocycles. The summed E-state index contributed by atoms with van der Waals surface area (Å²) in [7, 11) is 1.38. The lowest BCUT2D eigenvalue weighted by molar-refractivity contribution is -0.386. The smallest absolute Gasteiger partial charge is 0.352 e. The summed E-state index contributed by atoms with van der Waals surface area (Å²) in [5, 5.41) is 11.2. The predicted molar refractivity (Wildman–Crippen MR) is 78.6 cm³/mol. The van der Waals surface area contributed by atoms with E-state index in [4.69, 9.17) is 9.47 Å². The molecule has 20 heavy (non-hydrogen) atoms. The number of aryl methyl sites for hydroxylation is 1. The number of hydrogen-bond acceptors (Lipinski definition) is 4. The van der Waals surface area contributed by atoms with Gasteiger partial charge in [0, 0.05) is 4.47 Å². The minimum absolute atomic E-state index is 0.149. The zero-order valence-electron chi connectivity index (χ0n) is 10.9. The topological polar surface area (TPSA) is 61.6 Å². The van der Waals surface area contributed by atoms with Crippen molar-refractivity contribution in [3.63, 3.8) is 0 Å². The van der Waals surface area contributed by atoms with E-state index in [1.54, 1.807) is 18.2 Å². The highest BCUT2D eigenvalue weighted by molar-refractivity contribution is 9.10. The van der Waals surface area contributed by atoms with Gasteiger partial charge in [0.1, 0.15) is 5.75 Å². The zero-order chi connectivity index (χ0) is 14.7. The summed E-state index contributed by atoms with van der Waals surface area (Å²) in [6.07, 6.45) is 0. The summed E-state index contributed by atoms with van der Waals surface area (Å²) in [5.41, 5.74) is 0.795. The van der Waals surface area contributed by atoms with Gasteiger partial charge in [0.15, 0.2) is 0 Å². The highest BCUT2D eigenvalue weighted by atomic mass is 79.9. The van der Waals surface area contributed by atoms with E-state index >= 15 is 0 Å². The normalized spacial score (nSPS) is 10.2. The molecule has 2 aromatic rings. The Kier molecular flexibility index (Phi) is 4.24. The fourth-order valence-corrected chi connectivity index (χ4v) is 1.98. The van der Waals surface area contributed by atoms with E-state index in [0.717, 1.165) is 10.0 Å². The highest BCUT2D eigenvalue weighted by Gasteiger charge is 2.22. The maximum Gasteiger partial charge on any atom is 0.352 e. The fourth-order valence-electron chi connectivity index (χ4n) is 1.74. The van der Waals surface area contributed by atoms with Crippen molar-refractivity contribution in [2.24, 2.45) is 0 Å². The first-order valence-corrected chi connectivity index (χ1v) is 6.57. The van der Waals surface area contributed by atoms with Gasteiger partial charge in [-0.15, -0.1) is 0 Å². The molecule has 0 atom stereocenters. The number of benzene rings is 2. The molecule has 0 fully saturated rings. The van der Waals surface area contributed by atoms with Crippen LogP contribution in [0.15, 0.2) is 40.9 Å². The molecular formula is C14H12BrNO4. The van der Waals surface area contributed by atoms with Gasteiger partial charge >= 0.3 is 5.69 Å². The van der Waals surface area contributed by atoms with Crippen LogP contribution in [0.2, 0.25) is 0 Å². The van der Waals surface area contributed by atoms with Crippen LogP contribution < -0.4 is 9.47 Å². The number of nitro groups is 1. The number of nitro benzene ring substituents is 1. The summed E-state index contributed by atoms with van der Waals surface area (Å²) >= 11 is 3.39. The summed E-state index contributed by atoms with van der Waals surface area (Å²) in [4.78, 5) is 10.6. The summed E-state index contributed by atoms with van der Waals surface area (Å²) in [6.45, 7) is 1.91. The maximum atomic E-state index is 11.2. The molecule has 2 aromatic carbocycles. The lowest BCUT2D eigenvalue weighted by Gasteiger charge is -2.09. The van der Waals surface area contributed by atoms with Gasteiger partial charge in [-0.05, 0) is 42.8 Å². The molecule has 0 spiro atoms. The second-order valence-corrected chi connectivity index (χ2v) is 4.93. The molecule has 104 valence electrons. The molecule has 0 unspecified atom stereocenters. The molecule has 0 aromatic heterocycles. The Morgan fingerprint density at radius 3 is 2.50 bits per heavy atom. The minimum Gasteiger partial charge on any atom is -0.490 e. The third-order valence-electron chi connectivity index (χ3n) is 2.72. The molecule has 0 radical (unpaired) electrons. The standard InChI is InChI=1S/C14H12BrNO4/c1-9-8-10(6-7-11(9)15)20-13-5-3-4-12(19-2)14(13)16(17)18/h3-8H,1-2H3. The van der Waals surface area contributed by atoms with Crippen LogP contribution in [-0.2, 0) is 0 Å². The summed E-state index contributed by atoms with van der Waals surface area (Å²) < 4.78 is 11.6.